The van der Waals surface area contributed by atoms with Gasteiger partial charge in [-0.05, 0) is 0 Å². The van der Waals surface area contributed by atoms with Crippen LogP contribution in [0.5, 0.6) is 0 Å². The van der Waals surface area contributed by atoms with Gasteiger partial charge in [0, 0.05) is 12.5 Å². The first-order valence-electron chi connectivity index (χ1n) is 5.81. The Morgan fingerprint density at radius 2 is 1.89 bits per heavy atom. The standard InChI is InChI=1S/C14H18O3Si/c1-12(16)17-10-13(9-15)11-18(2,3)14-7-5-4-6-8-14/h4-9,11H,10H2,1-3H3/b13-11-. The Hall–Kier alpha value is -1.68. The van der Waals surface area contributed by atoms with Crippen molar-refractivity contribution in [2.45, 2.75) is 20.0 Å². The predicted octanol–water partition coefficient (Wildman–Crippen LogP) is 1.83. The van der Waals surface area contributed by atoms with Crippen molar-refractivity contribution in [3.05, 3.63) is 41.6 Å². The summed E-state index contributed by atoms with van der Waals surface area (Å²) in [4.78, 5) is 21.7. The van der Waals surface area contributed by atoms with Gasteiger partial charge in [0.25, 0.3) is 0 Å². The Morgan fingerprint density at radius 1 is 1.28 bits per heavy atom. The number of benzene rings is 1. The molecule has 1 aromatic carbocycles. The van der Waals surface area contributed by atoms with E-state index in [2.05, 4.69) is 25.2 Å². The molecule has 0 aromatic heterocycles. The van der Waals surface area contributed by atoms with E-state index in [-0.39, 0.29) is 12.6 Å². The fourth-order valence-corrected chi connectivity index (χ4v) is 4.01. The summed E-state index contributed by atoms with van der Waals surface area (Å²) in [7, 11) is -1.82. The molecule has 3 nitrogen and oxygen atoms in total. The molecular formula is C14H18O3Si. The largest absolute Gasteiger partial charge is 0.461 e. The van der Waals surface area contributed by atoms with Gasteiger partial charge in [0.15, 0.2) is 0 Å². The summed E-state index contributed by atoms with van der Waals surface area (Å²) in [6.07, 6.45) is 0.765. The van der Waals surface area contributed by atoms with Crippen molar-refractivity contribution in [3.8, 4) is 0 Å². The number of rotatable bonds is 5. The van der Waals surface area contributed by atoms with Crippen LogP contribution in [0.2, 0.25) is 13.1 Å². The molecule has 0 aliphatic rings. The second-order valence-electron chi connectivity index (χ2n) is 4.71. The molecule has 96 valence electrons. The SMILES string of the molecule is CC(=O)OC/C(C=O)=C\[Si](C)(C)c1ccccc1. The molecule has 0 N–H and O–H groups in total. The Balaban J connectivity index is 2.90. The minimum atomic E-state index is -1.82. The van der Waals surface area contributed by atoms with E-state index >= 15 is 0 Å². The Kier molecular flexibility index (Phi) is 5.04. The van der Waals surface area contributed by atoms with Crippen LogP contribution in [-0.2, 0) is 14.3 Å². The summed E-state index contributed by atoms with van der Waals surface area (Å²) in [5.41, 5.74) is 2.50. The van der Waals surface area contributed by atoms with Gasteiger partial charge in [0.2, 0.25) is 0 Å². The first kappa shape index (κ1) is 14.4. The lowest BCUT2D eigenvalue weighted by molar-refractivity contribution is -0.140. The molecule has 0 heterocycles. The van der Waals surface area contributed by atoms with Crippen molar-refractivity contribution in [3.63, 3.8) is 0 Å². The van der Waals surface area contributed by atoms with Crippen molar-refractivity contribution >= 4 is 25.5 Å². The Morgan fingerprint density at radius 3 is 2.39 bits per heavy atom. The summed E-state index contributed by atoms with van der Waals surface area (Å²) in [5.74, 6) is -0.373. The van der Waals surface area contributed by atoms with E-state index in [1.807, 2.05) is 23.9 Å². The van der Waals surface area contributed by atoms with Crippen LogP contribution in [0.25, 0.3) is 0 Å². The topological polar surface area (TPSA) is 43.4 Å². The van der Waals surface area contributed by atoms with Crippen molar-refractivity contribution in [1.82, 2.24) is 0 Å². The van der Waals surface area contributed by atoms with Crippen LogP contribution in [0.1, 0.15) is 6.92 Å². The second-order valence-corrected chi connectivity index (χ2v) is 9.01. The average Bonchev–Trinajstić information content (AvgIpc) is 2.35. The highest BCUT2D eigenvalue weighted by atomic mass is 28.3. The Bertz CT molecular complexity index is 449. The minimum Gasteiger partial charge on any atom is -0.461 e. The van der Waals surface area contributed by atoms with Gasteiger partial charge in [-0.2, -0.15) is 0 Å². The molecule has 1 rings (SSSR count). The van der Waals surface area contributed by atoms with E-state index < -0.39 is 8.07 Å². The molecule has 0 unspecified atom stereocenters. The summed E-state index contributed by atoms with van der Waals surface area (Å²) < 4.78 is 4.86. The number of hydrogen-bond donors (Lipinski definition) is 0. The minimum absolute atomic E-state index is 0.0576. The fraction of sp³-hybridized carbons (Fsp3) is 0.286. The van der Waals surface area contributed by atoms with Crippen LogP contribution >= 0.6 is 0 Å². The first-order valence-corrected chi connectivity index (χ1v) is 8.89. The highest BCUT2D eigenvalue weighted by Crippen LogP contribution is 2.08. The van der Waals surface area contributed by atoms with E-state index in [0.717, 1.165) is 6.29 Å². The van der Waals surface area contributed by atoms with Gasteiger partial charge < -0.3 is 4.74 Å². The van der Waals surface area contributed by atoms with Gasteiger partial charge in [-0.15, -0.1) is 0 Å². The molecule has 0 aliphatic heterocycles. The van der Waals surface area contributed by atoms with Gasteiger partial charge in [-0.3, -0.25) is 9.59 Å². The molecule has 0 atom stereocenters. The van der Waals surface area contributed by atoms with Gasteiger partial charge in [0.1, 0.15) is 21.0 Å². The highest BCUT2D eigenvalue weighted by molar-refractivity contribution is 6.94. The zero-order valence-corrected chi connectivity index (χ0v) is 12.0. The van der Waals surface area contributed by atoms with E-state index in [0.29, 0.717) is 5.57 Å². The van der Waals surface area contributed by atoms with Crippen molar-refractivity contribution in [1.29, 1.82) is 0 Å². The average molecular weight is 262 g/mol. The smallest absolute Gasteiger partial charge is 0.302 e. The molecule has 0 saturated heterocycles. The molecule has 0 bridgehead atoms. The third-order valence-electron chi connectivity index (χ3n) is 2.66. The van der Waals surface area contributed by atoms with E-state index in [4.69, 9.17) is 4.74 Å². The van der Waals surface area contributed by atoms with Crippen molar-refractivity contribution in [2.75, 3.05) is 6.61 Å². The molecular weight excluding hydrogens is 244 g/mol. The lowest BCUT2D eigenvalue weighted by Crippen LogP contribution is -2.40. The van der Waals surface area contributed by atoms with Crippen LogP contribution in [0.15, 0.2) is 41.6 Å². The molecule has 0 fully saturated rings. The number of esters is 1. The van der Waals surface area contributed by atoms with Crippen molar-refractivity contribution < 1.29 is 14.3 Å². The molecule has 1 aromatic rings. The summed E-state index contributed by atoms with van der Waals surface area (Å²) in [6, 6.07) is 10.1. The van der Waals surface area contributed by atoms with E-state index in [1.54, 1.807) is 0 Å². The maximum atomic E-state index is 11.0. The molecule has 0 radical (unpaired) electrons. The van der Waals surface area contributed by atoms with Gasteiger partial charge in [-0.25, -0.2) is 0 Å². The van der Waals surface area contributed by atoms with Crippen LogP contribution in [0, 0.1) is 0 Å². The number of carbonyl (C=O) groups excluding carboxylic acids is 2. The molecule has 0 aliphatic carbocycles. The number of carbonyl (C=O) groups is 2. The van der Waals surface area contributed by atoms with Gasteiger partial charge >= 0.3 is 5.97 Å². The predicted molar refractivity (Wildman–Crippen MR) is 74.3 cm³/mol. The normalized spacial score (nSPS) is 12.1. The third-order valence-corrected chi connectivity index (χ3v) is 5.57. The summed E-state index contributed by atoms with van der Waals surface area (Å²) in [6.45, 7) is 5.70. The Labute approximate surface area is 108 Å². The molecule has 0 spiro atoms. The maximum absolute atomic E-state index is 11.0. The number of ether oxygens (including phenoxy) is 1. The third kappa shape index (κ3) is 4.29. The van der Waals surface area contributed by atoms with Crippen LogP contribution in [-0.4, -0.2) is 26.9 Å². The van der Waals surface area contributed by atoms with Gasteiger partial charge in [0.05, 0.1) is 0 Å². The van der Waals surface area contributed by atoms with E-state index in [9.17, 15) is 9.59 Å². The van der Waals surface area contributed by atoms with Crippen LogP contribution in [0.4, 0.5) is 0 Å². The van der Waals surface area contributed by atoms with E-state index in [1.165, 1.54) is 12.1 Å². The van der Waals surface area contributed by atoms with Gasteiger partial charge in [-0.1, -0.05) is 54.3 Å². The van der Waals surface area contributed by atoms with Crippen LogP contribution in [0.3, 0.4) is 0 Å². The molecule has 18 heavy (non-hydrogen) atoms. The molecule has 0 saturated carbocycles. The summed E-state index contributed by atoms with van der Waals surface area (Å²) >= 11 is 0. The zero-order chi connectivity index (χ0) is 13.6. The quantitative estimate of drug-likeness (QED) is 0.352. The van der Waals surface area contributed by atoms with Crippen LogP contribution < -0.4 is 5.19 Å². The lowest BCUT2D eigenvalue weighted by atomic mass is 10.4. The lowest BCUT2D eigenvalue weighted by Gasteiger charge is -2.19. The zero-order valence-electron chi connectivity index (χ0n) is 11.0. The molecule has 4 heteroatoms. The number of hydrogen-bond acceptors (Lipinski definition) is 3. The highest BCUT2D eigenvalue weighted by Gasteiger charge is 2.21. The summed E-state index contributed by atoms with van der Waals surface area (Å²) in [5, 5.41) is 1.24. The monoisotopic (exact) mass is 262 g/mol. The fourth-order valence-electron chi connectivity index (χ4n) is 1.71. The second kappa shape index (κ2) is 6.30. The van der Waals surface area contributed by atoms with Crippen molar-refractivity contribution in [2.24, 2.45) is 0 Å². The first-order chi connectivity index (χ1) is 8.45. The maximum Gasteiger partial charge on any atom is 0.302 e. The number of aldehydes is 1. The molecule has 0 amide bonds.